The number of carboxylic acids is 1. The monoisotopic (exact) mass is 286 g/mol. The number of benzene rings is 1. The van der Waals surface area contributed by atoms with Crippen molar-refractivity contribution in [2.45, 2.75) is 20.3 Å². The first-order valence-corrected chi connectivity index (χ1v) is 6.02. The molecule has 0 fully saturated rings. The first kappa shape index (κ1) is 15.9. The lowest BCUT2D eigenvalue weighted by molar-refractivity contribution is -0.147. The van der Waals surface area contributed by atoms with E-state index in [0.717, 1.165) is 18.2 Å². The number of rotatable bonds is 5. The SMILES string of the molecule is CCC(C)(CNC(=O)Nc1cc(F)ccc1F)C(=O)O. The van der Waals surface area contributed by atoms with Crippen LogP contribution in [0.2, 0.25) is 0 Å². The Morgan fingerprint density at radius 2 is 2.00 bits per heavy atom. The summed E-state index contributed by atoms with van der Waals surface area (Å²) in [6.45, 7) is 3.04. The summed E-state index contributed by atoms with van der Waals surface area (Å²) in [4.78, 5) is 22.6. The number of carbonyl (C=O) groups is 2. The highest BCUT2D eigenvalue weighted by Gasteiger charge is 2.31. The summed E-state index contributed by atoms with van der Waals surface area (Å²) in [6.07, 6.45) is 0.316. The van der Waals surface area contributed by atoms with Crippen molar-refractivity contribution in [2.75, 3.05) is 11.9 Å². The van der Waals surface area contributed by atoms with Gasteiger partial charge in [-0.2, -0.15) is 0 Å². The van der Waals surface area contributed by atoms with E-state index >= 15 is 0 Å². The van der Waals surface area contributed by atoms with Crippen LogP contribution in [-0.4, -0.2) is 23.7 Å². The summed E-state index contributed by atoms with van der Waals surface area (Å²) in [5, 5.41) is 13.5. The van der Waals surface area contributed by atoms with Crippen LogP contribution in [0.3, 0.4) is 0 Å². The maximum Gasteiger partial charge on any atom is 0.319 e. The van der Waals surface area contributed by atoms with Gasteiger partial charge >= 0.3 is 12.0 Å². The largest absolute Gasteiger partial charge is 0.481 e. The third-order valence-corrected chi connectivity index (χ3v) is 3.11. The Bertz CT molecular complexity index is 522. The van der Waals surface area contributed by atoms with Gasteiger partial charge in [-0.1, -0.05) is 6.92 Å². The normalized spacial score (nSPS) is 13.4. The molecule has 0 aliphatic heterocycles. The van der Waals surface area contributed by atoms with Crippen LogP contribution in [0.5, 0.6) is 0 Å². The Hall–Kier alpha value is -2.18. The summed E-state index contributed by atoms with van der Waals surface area (Å²) in [5.74, 6) is -2.51. The topological polar surface area (TPSA) is 78.4 Å². The summed E-state index contributed by atoms with van der Waals surface area (Å²) in [7, 11) is 0. The number of anilines is 1. The van der Waals surface area contributed by atoms with Crippen LogP contribution in [-0.2, 0) is 4.79 Å². The molecule has 0 heterocycles. The summed E-state index contributed by atoms with van der Waals surface area (Å²) < 4.78 is 26.2. The molecule has 1 rings (SSSR count). The highest BCUT2D eigenvalue weighted by atomic mass is 19.1. The number of urea groups is 1. The van der Waals surface area contributed by atoms with Gasteiger partial charge in [-0.15, -0.1) is 0 Å². The number of aliphatic carboxylic acids is 1. The minimum Gasteiger partial charge on any atom is -0.481 e. The van der Waals surface area contributed by atoms with Gasteiger partial charge in [0, 0.05) is 12.6 Å². The minimum absolute atomic E-state index is 0.123. The standard InChI is InChI=1S/C13H16F2N2O3/c1-3-13(2,11(18)19)7-16-12(20)17-10-6-8(14)4-5-9(10)15/h4-6H,3,7H2,1-2H3,(H,18,19)(H2,16,17,20). The molecule has 0 radical (unpaired) electrons. The van der Waals surface area contributed by atoms with Crippen molar-refractivity contribution in [1.29, 1.82) is 0 Å². The molecule has 2 amide bonds. The molecular formula is C13H16F2N2O3. The molecule has 1 atom stereocenters. The van der Waals surface area contributed by atoms with Crippen molar-refractivity contribution in [3.8, 4) is 0 Å². The second kappa shape index (κ2) is 6.31. The van der Waals surface area contributed by atoms with Gasteiger partial charge in [0.1, 0.15) is 11.6 Å². The average Bonchev–Trinajstić information content (AvgIpc) is 2.40. The van der Waals surface area contributed by atoms with E-state index < -0.39 is 29.0 Å². The van der Waals surface area contributed by atoms with E-state index in [1.54, 1.807) is 6.92 Å². The maximum atomic E-state index is 13.3. The van der Waals surface area contributed by atoms with Crippen LogP contribution in [0.4, 0.5) is 19.3 Å². The Balaban J connectivity index is 2.65. The average molecular weight is 286 g/mol. The number of carbonyl (C=O) groups excluding carboxylic acids is 1. The van der Waals surface area contributed by atoms with E-state index in [-0.39, 0.29) is 12.2 Å². The Morgan fingerprint density at radius 1 is 1.35 bits per heavy atom. The van der Waals surface area contributed by atoms with Gasteiger partial charge < -0.3 is 15.7 Å². The fourth-order valence-corrected chi connectivity index (χ4v) is 1.39. The third kappa shape index (κ3) is 3.91. The Labute approximate surface area is 115 Å². The van der Waals surface area contributed by atoms with E-state index in [4.69, 9.17) is 5.11 Å². The first-order valence-electron chi connectivity index (χ1n) is 6.02. The molecule has 0 bridgehead atoms. The molecule has 0 saturated carbocycles. The van der Waals surface area contributed by atoms with Crippen LogP contribution in [0.1, 0.15) is 20.3 Å². The van der Waals surface area contributed by atoms with Gasteiger partial charge in [0.15, 0.2) is 0 Å². The summed E-state index contributed by atoms with van der Waals surface area (Å²) in [6, 6.07) is 1.86. The lowest BCUT2D eigenvalue weighted by atomic mass is 9.88. The van der Waals surface area contributed by atoms with Gasteiger partial charge in [0.05, 0.1) is 11.1 Å². The summed E-state index contributed by atoms with van der Waals surface area (Å²) >= 11 is 0. The second-order valence-electron chi connectivity index (χ2n) is 4.65. The second-order valence-corrected chi connectivity index (χ2v) is 4.65. The third-order valence-electron chi connectivity index (χ3n) is 3.11. The predicted molar refractivity (Wildman–Crippen MR) is 69.4 cm³/mol. The van der Waals surface area contributed by atoms with Crippen LogP contribution < -0.4 is 10.6 Å². The molecule has 0 aliphatic rings. The number of carboxylic acid groups (broad SMARTS) is 1. The van der Waals surface area contributed by atoms with E-state index in [1.807, 2.05) is 0 Å². The first-order chi connectivity index (χ1) is 9.28. The van der Waals surface area contributed by atoms with Crippen LogP contribution >= 0.6 is 0 Å². The van der Waals surface area contributed by atoms with Gasteiger partial charge in [0.25, 0.3) is 0 Å². The highest BCUT2D eigenvalue weighted by Crippen LogP contribution is 2.20. The van der Waals surface area contributed by atoms with E-state index in [9.17, 15) is 18.4 Å². The number of halogens is 2. The van der Waals surface area contributed by atoms with Crippen molar-refractivity contribution < 1.29 is 23.5 Å². The quantitative estimate of drug-likeness (QED) is 0.778. The number of hydrogen-bond acceptors (Lipinski definition) is 2. The molecule has 3 N–H and O–H groups in total. The summed E-state index contributed by atoms with van der Waals surface area (Å²) in [5.41, 5.74) is -1.42. The Morgan fingerprint density at radius 3 is 2.55 bits per heavy atom. The Kier molecular flexibility index (Phi) is 5.01. The molecule has 0 aliphatic carbocycles. The number of nitrogens with one attached hydrogen (secondary N) is 2. The molecular weight excluding hydrogens is 270 g/mol. The van der Waals surface area contributed by atoms with E-state index in [0.29, 0.717) is 6.42 Å². The van der Waals surface area contributed by atoms with Crippen LogP contribution in [0.25, 0.3) is 0 Å². The molecule has 0 aromatic heterocycles. The number of amides is 2. The van der Waals surface area contributed by atoms with Gasteiger partial charge in [0.2, 0.25) is 0 Å². The molecule has 110 valence electrons. The molecule has 1 aromatic rings. The maximum absolute atomic E-state index is 13.3. The van der Waals surface area contributed by atoms with Crippen molar-refractivity contribution in [3.63, 3.8) is 0 Å². The molecule has 5 nitrogen and oxygen atoms in total. The van der Waals surface area contributed by atoms with Crippen LogP contribution in [0, 0.1) is 17.0 Å². The smallest absolute Gasteiger partial charge is 0.319 e. The number of hydrogen-bond donors (Lipinski definition) is 3. The van der Waals surface area contributed by atoms with Crippen molar-refractivity contribution >= 4 is 17.7 Å². The zero-order valence-corrected chi connectivity index (χ0v) is 11.2. The van der Waals surface area contributed by atoms with Gasteiger partial charge in [-0.05, 0) is 25.5 Å². The zero-order valence-electron chi connectivity index (χ0n) is 11.2. The van der Waals surface area contributed by atoms with Gasteiger partial charge in [-0.25, -0.2) is 13.6 Å². The minimum atomic E-state index is -1.11. The molecule has 0 saturated heterocycles. The lowest BCUT2D eigenvalue weighted by Gasteiger charge is -2.23. The van der Waals surface area contributed by atoms with Crippen molar-refractivity contribution in [1.82, 2.24) is 5.32 Å². The molecule has 1 aromatic carbocycles. The zero-order chi connectivity index (χ0) is 15.3. The highest BCUT2D eigenvalue weighted by molar-refractivity contribution is 5.89. The molecule has 20 heavy (non-hydrogen) atoms. The molecule has 1 unspecified atom stereocenters. The van der Waals surface area contributed by atoms with Crippen molar-refractivity contribution in [2.24, 2.45) is 5.41 Å². The molecule has 0 spiro atoms. The fourth-order valence-electron chi connectivity index (χ4n) is 1.39. The fraction of sp³-hybridized carbons (Fsp3) is 0.385. The predicted octanol–water partition coefficient (Wildman–Crippen LogP) is 2.59. The van der Waals surface area contributed by atoms with E-state index in [1.165, 1.54) is 6.92 Å². The molecule has 7 heteroatoms. The van der Waals surface area contributed by atoms with E-state index in [2.05, 4.69) is 10.6 Å². The van der Waals surface area contributed by atoms with Gasteiger partial charge in [-0.3, -0.25) is 4.79 Å². The van der Waals surface area contributed by atoms with Crippen LogP contribution in [0.15, 0.2) is 18.2 Å². The lowest BCUT2D eigenvalue weighted by Crippen LogP contribution is -2.42. The van der Waals surface area contributed by atoms with Crippen molar-refractivity contribution in [3.05, 3.63) is 29.8 Å².